The van der Waals surface area contributed by atoms with E-state index in [0.29, 0.717) is 5.69 Å². The van der Waals surface area contributed by atoms with Crippen LogP contribution in [0.15, 0.2) is 48.8 Å². The van der Waals surface area contributed by atoms with E-state index in [1.807, 2.05) is 0 Å². The minimum Gasteiger partial charge on any atom is -0.438 e. The fourth-order valence-corrected chi connectivity index (χ4v) is 2.53. The maximum absolute atomic E-state index is 12.7. The molecule has 3 rings (SSSR count). The minimum atomic E-state index is -4.48. The van der Waals surface area contributed by atoms with Crippen LogP contribution in [0.5, 0.6) is 11.6 Å². The normalized spacial score (nSPS) is 12.3. The second-order valence-electron chi connectivity index (χ2n) is 6.28. The van der Waals surface area contributed by atoms with E-state index >= 15 is 0 Å². The summed E-state index contributed by atoms with van der Waals surface area (Å²) in [5.74, 6) is -1.56. The average Bonchev–Trinajstić information content (AvgIpc) is 3.26. The van der Waals surface area contributed by atoms with E-state index in [2.05, 4.69) is 20.5 Å². The number of nitrogens with two attached hydrogens (primary N) is 1. The standard InChI is InChI=1S/C19H16F3N5O4/c20-19(21,22)11-1-3-12(4-2-11)31-18-13(14-5-6-25-27-14)7-10(8-24-18)17(30)26-15(9-28)16(23)29/h1-8,15,28H,9H2,(H2,23,29)(H,25,27)(H,26,30). The number of H-pyrrole nitrogens is 1. The summed E-state index contributed by atoms with van der Waals surface area (Å²) in [6, 6.07) is 5.67. The van der Waals surface area contributed by atoms with Gasteiger partial charge in [-0.2, -0.15) is 18.3 Å². The summed E-state index contributed by atoms with van der Waals surface area (Å²) in [4.78, 5) is 27.7. The van der Waals surface area contributed by atoms with E-state index < -0.39 is 36.2 Å². The summed E-state index contributed by atoms with van der Waals surface area (Å²) in [6.07, 6.45) is -1.90. The number of pyridine rings is 1. The minimum absolute atomic E-state index is 0.00540. The van der Waals surface area contributed by atoms with Crippen molar-refractivity contribution in [2.24, 2.45) is 5.73 Å². The lowest BCUT2D eigenvalue weighted by Crippen LogP contribution is -2.46. The molecule has 0 radical (unpaired) electrons. The quantitative estimate of drug-likeness (QED) is 0.446. The van der Waals surface area contributed by atoms with E-state index in [9.17, 15) is 22.8 Å². The van der Waals surface area contributed by atoms with Crippen LogP contribution in [0.4, 0.5) is 13.2 Å². The highest BCUT2D eigenvalue weighted by Gasteiger charge is 2.30. The van der Waals surface area contributed by atoms with Gasteiger partial charge >= 0.3 is 6.18 Å². The molecular weight excluding hydrogens is 419 g/mol. The number of nitrogens with one attached hydrogen (secondary N) is 2. The first-order valence-corrected chi connectivity index (χ1v) is 8.75. The van der Waals surface area contributed by atoms with E-state index in [1.54, 1.807) is 6.07 Å². The first-order chi connectivity index (χ1) is 14.7. The highest BCUT2D eigenvalue weighted by atomic mass is 19.4. The lowest BCUT2D eigenvalue weighted by Gasteiger charge is -2.14. The molecule has 0 spiro atoms. The zero-order valence-corrected chi connectivity index (χ0v) is 15.7. The molecule has 1 atom stereocenters. The van der Waals surface area contributed by atoms with Gasteiger partial charge in [0, 0.05) is 12.4 Å². The molecule has 0 bridgehead atoms. The predicted octanol–water partition coefficient (Wildman–Crippen LogP) is 1.86. The molecule has 3 aromatic rings. The van der Waals surface area contributed by atoms with Gasteiger partial charge in [0.05, 0.1) is 29.0 Å². The number of carbonyl (C=O) groups excluding carboxylic acids is 2. The van der Waals surface area contributed by atoms with Gasteiger partial charge in [-0.25, -0.2) is 4.98 Å². The van der Waals surface area contributed by atoms with Crippen molar-refractivity contribution in [2.45, 2.75) is 12.2 Å². The molecule has 1 unspecified atom stereocenters. The van der Waals surface area contributed by atoms with E-state index in [4.69, 9.17) is 15.6 Å². The van der Waals surface area contributed by atoms with Crippen molar-refractivity contribution in [1.29, 1.82) is 0 Å². The highest BCUT2D eigenvalue weighted by molar-refractivity contribution is 5.98. The number of ether oxygens (including phenoxy) is 1. The van der Waals surface area contributed by atoms with Crippen LogP contribution in [-0.4, -0.2) is 44.8 Å². The number of aromatic nitrogens is 3. The number of amides is 2. The number of alkyl halides is 3. The van der Waals surface area contributed by atoms with Crippen LogP contribution in [0.2, 0.25) is 0 Å². The lowest BCUT2D eigenvalue weighted by molar-refractivity contribution is -0.137. The third kappa shape index (κ3) is 5.17. The van der Waals surface area contributed by atoms with Crippen LogP contribution in [-0.2, 0) is 11.0 Å². The fourth-order valence-electron chi connectivity index (χ4n) is 2.53. The van der Waals surface area contributed by atoms with Gasteiger partial charge in [-0.15, -0.1) is 0 Å². The van der Waals surface area contributed by atoms with Crippen molar-refractivity contribution in [3.8, 4) is 22.9 Å². The number of benzene rings is 1. The van der Waals surface area contributed by atoms with Crippen LogP contribution in [0.3, 0.4) is 0 Å². The molecular formula is C19H16F3N5O4. The number of rotatable bonds is 7. The molecule has 2 amide bonds. The molecule has 9 nitrogen and oxygen atoms in total. The number of aliphatic hydroxyl groups excluding tert-OH is 1. The summed E-state index contributed by atoms with van der Waals surface area (Å²) >= 11 is 0. The Labute approximate surface area is 173 Å². The average molecular weight is 435 g/mol. The predicted molar refractivity (Wildman–Crippen MR) is 101 cm³/mol. The van der Waals surface area contributed by atoms with Crippen LogP contribution >= 0.6 is 0 Å². The van der Waals surface area contributed by atoms with Gasteiger partial charge in [0.2, 0.25) is 11.8 Å². The van der Waals surface area contributed by atoms with E-state index in [-0.39, 0.29) is 22.8 Å². The Morgan fingerprint density at radius 1 is 1.23 bits per heavy atom. The Bertz CT molecular complexity index is 1070. The van der Waals surface area contributed by atoms with Crippen LogP contribution < -0.4 is 15.8 Å². The first-order valence-electron chi connectivity index (χ1n) is 8.75. The lowest BCUT2D eigenvalue weighted by atomic mass is 10.1. The van der Waals surface area contributed by atoms with Crippen molar-refractivity contribution in [2.75, 3.05) is 6.61 Å². The molecule has 12 heteroatoms. The second-order valence-corrected chi connectivity index (χ2v) is 6.28. The number of nitrogens with zero attached hydrogens (tertiary/aromatic N) is 2. The summed E-state index contributed by atoms with van der Waals surface area (Å²) < 4.78 is 43.8. The van der Waals surface area contributed by atoms with Crippen LogP contribution in [0.25, 0.3) is 11.3 Å². The zero-order valence-electron chi connectivity index (χ0n) is 15.7. The monoisotopic (exact) mass is 435 g/mol. The molecule has 0 aliphatic carbocycles. The van der Waals surface area contributed by atoms with Gasteiger partial charge in [0.1, 0.15) is 11.8 Å². The van der Waals surface area contributed by atoms with E-state index in [0.717, 1.165) is 30.5 Å². The van der Waals surface area contributed by atoms with Crippen molar-refractivity contribution in [1.82, 2.24) is 20.5 Å². The summed E-state index contributed by atoms with van der Waals surface area (Å²) in [7, 11) is 0. The number of hydrogen-bond donors (Lipinski definition) is 4. The Morgan fingerprint density at radius 3 is 2.48 bits per heavy atom. The maximum Gasteiger partial charge on any atom is 0.416 e. The molecule has 2 heterocycles. The smallest absolute Gasteiger partial charge is 0.416 e. The summed E-state index contributed by atoms with van der Waals surface area (Å²) in [5, 5.41) is 17.9. The molecule has 0 aliphatic heterocycles. The molecule has 0 saturated heterocycles. The molecule has 5 N–H and O–H groups in total. The molecule has 2 aromatic heterocycles. The topological polar surface area (TPSA) is 143 Å². The van der Waals surface area contributed by atoms with Gasteiger partial charge in [0.15, 0.2) is 0 Å². The third-order valence-electron chi connectivity index (χ3n) is 4.13. The largest absolute Gasteiger partial charge is 0.438 e. The van der Waals surface area contributed by atoms with Gasteiger partial charge in [-0.3, -0.25) is 14.7 Å². The number of aromatic amines is 1. The number of primary amides is 1. The SMILES string of the molecule is NC(=O)C(CO)NC(=O)c1cnc(Oc2ccc(C(F)(F)F)cc2)c(-c2ccn[nH]2)c1. The van der Waals surface area contributed by atoms with Gasteiger partial charge in [0.25, 0.3) is 5.91 Å². The maximum atomic E-state index is 12.7. The number of halogens is 3. The zero-order chi connectivity index (χ0) is 22.6. The summed E-state index contributed by atoms with van der Waals surface area (Å²) in [5.41, 5.74) is 4.98. The van der Waals surface area contributed by atoms with Gasteiger partial charge in [-0.1, -0.05) is 0 Å². The van der Waals surface area contributed by atoms with E-state index in [1.165, 1.54) is 12.3 Å². The Balaban J connectivity index is 1.91. The highest BCUT2D eigenvalue weighted by Crippen LogP contribution is 2.34. The molecule has 0 fully saturated rings. The summed E-state index contributed by atoms with van der Waals surface area (Å²) in [6.45, 7) is -0.684. The Kier molecular flexibility index (Phi) is 6.20. The second kappa shape index (κ2) is 8.83. The van der Waals surface area contributed by atoms with Crippen molar-refractivity contribution in [3.63, 3.8) is 0 Å². The van der Waals surface area contributed by atoms with Crippen molar-refractivity contribution in [3.05, 3.63) is 59.9 Å². The van der Waals surface area contributed by atoms with Crippen molar-refractivity contribution < 1.29 is 32.6 Å². The number of carbonyl (C=O) groups is 2. The number of hydrogen-bond acceptors (Lipinski definition) is 6. The Hall–Kier alpha value is -3.93. The Morgan fingerprint density at radius 2 is 1.94 bits per heavy atom. The third-order valence-corrected chi connectivity index (χ3v) is 4.13. The molecule has 0 aliphatic rings. The molecule has 31 heavy (non-hydrogen) atoms. The van der Waals surface area contributed by atoms with Gasteiger partial charge in [-0.05, 0) is 36.4 Å². The molecule has 0 saturated carbocycles. The first kappa shape index (κ1) is 21.8. The van der Waals surface area contributed by atoms with Crippen molar-refractivity contribution >= 4 is 11.8 Å². The molecule has 1 aromatic carbocycles. The molecule has 162 valence electrons. The number of aliphatic hydroxyl groups is 1. The van der Waals surface area contributed by atoms with Crippen LogP contribution in [0.1, 0.15) is 15.9 Å². The van der Waals surface area contributed by atoms with Crippen LogP contribution in [0, 0.1) is 0 Å². The fraction of sp³-hybridized carbons (Fsp3) is 0.158. The van der Waals surface area contributed by atoms with Gasteiger partial charge < -0.3 is 20.9 Å².